The molecule has 1 amide bonds. The SMILES string of the molecule is C/C=C/CCSc1ccc2[nH]c(NC(=O)O)nc2c1. The number of amides is 1. The fourth-order valence-electron chi connectivity index (χ4n) is 1.65. The number of anilines is 1. The van der Waals surface area contributed by atoms with Crippen LogP contribution in [-0.4, -0.2) is 26.9 Å². The molecule has 0 saturated heterocycles. The first-order chi connectivity index (χ1) is 9.19. The molecule has 6 heteroatoms. The summed E-state index contributed by atoms with van der Waals surface area (Å²) in [5.74, 6) is 1.26. The first kappa shape index (κ1) is 13.5. The van der Waals surface area contributed by atoms with Gasteiger partial charge >= 0.3 is 6.09 Å². The lowest BCUT2D eigenvalue weighted by molar-refractivity contribution is 0.209. The lowest BCUT2D eigenvalue weighted by Gasteiger charge is -1.98. The van der Waals surface area contributed by atoms with Gasteiger partial charge in [-0.1, -0.05) is 12.2 Å². The van der Waals surface area contributed by atoms with Crippen molar-refractivity contribution in [3.63, 3.8) is 0 Å². The molecule has 100 valence electrons. The van der Waals surface area contributed by atoms with Gasteiger partial charge in [-0.2, -0.15) is 0 Å². The summed E-state index contributed by atoms with van der Waals surface area (Å²) in [7, 11) is 0. The van der Waals surface area contributed by atoms with E-state index in [1.54, 1.807) is 11.8 Å². The van der Waals surface area contributed by atoms with Crippen molar-refractivity contribution in [3.05, 3.63) is 30.4 Å². The summed E-state index contributed by atoms with van der Waals surface area (Å²) in [6.07, 6.45) is 4.09. The van der Waals surface area contributed by atoms with Crippen molar-refractivity contribution in [2.24, 2.45) is 0 Å². The number of fused-ring (bicyclic) bond motifs is 1. The van der Waals surface area contributed by atoms with Crippen LogP contribution in [0.5, 0.6) is 0 Å². The number of hydrogen-bond donors (Lipinski definition) is 3. The van der Waals surface area contributed by atoms with E-state index in [4.69, 9.17) is 5.11 Å². The molecule has 3 N–H and O–H groups in total. The zero-order valence-corrected chi connectivity index (χ0v) is 11.3. The summed E-state index contributed by atoms with van der Waals surface area (Å²) in [5, 5.41) is 10.8. The highest BCUT2D eigenvalue weighted by Crippen LogP contribution is 2.24. The third-order valence-electron chi connectivity index (χ3n) is 2.47. The average Bonchev–Trinajstić information content (AvgIpc) is 2.75. The van der Waals surface area contributed by atoms with Crippen LogP contribution in [0, 0.1) is 0 Å². The van der Waals surface area contributed by atoms with Gasteiger partial charge in [0.25, 0.3) is 0 Å². The topological polar surface area (TPSA) is 78.0 Å². The second-order valence-electron chi connectivity index (χ2n) is 3.90. The molecule has 1 aromatic carbocycles. The summed E-state index contributed by atoms with van der Waals surface area (Å²) in [5.41, 5.74) is 1.58. The maximum Gasteiger partial charge on any atom is 0.411 e. The molecule has 1 heterocycles. The lowest BCUT2D eigenvalue weighted by Crippen LogP contribution is -2.08. The van der Waals surface area contributed by atoms with E-state index in [2.05, 4.69) is 21.4 Å². The van der Waals surface area contributed by atoms with Crippen LogP contribution in [0.2, 0.25) is 0 Å². The van der Waals surface area contributed by atoms with E-state index >= 15 is 0 Å². The molecular weight excluding hydrogens is 262 g/mol. The number of carboxylic acid groups (broad SMARTS) is 1. The van der Waals surface area contributed by atoms with Crippen LogP contribution in [0.25, 0.3) is 11.0 Å². The highest BCUT2D eigenvalue weighted by molar-refractivity contribution is 7.99. The van der Waals surface area contributed by atoms with Gasteiger partial charge in [-0.05, 0) is 31.5 Å². The van der Waals surface area contributed by atoms with Crippen molar-refractivity contribution in [2.45, 2.75) is 18.2 Å². The van der Waals surface area contributed by atoms with Crippen molar-refractivity contribution in [2.75, 3.05) is 11.1 Å². The zero-order valence-electron chi connectivity index (χ0n) is 10.5. The predicted molar refractivity (Wildman–Crippen MR) is 77.9 cm³/mol. The van der Waals surface area contributed by atoms with Crippen LogP contribution >= 0.6 is 11.8 Å². The van der Waals surface area contributed by atoms with Crippen LogP contribution in [0.3, 0.4) is 0 Å². The van der Waals surface area contributed by atoms with Gasteiger partial charge in [-0.25, -0.2) is 9.78 Å². The number of allylic oxidation sites excluding steroid dienone is 2. The molecule has 1 aromatic heterocycles. The van der Waals surface area contributed by atoms with Crippen LogP contribution in [0.1, 0.15) is 13.3 Å². The van der Waals surface area contributed by atoms with Gasteiger partial charge in [0.1, 0.15) is 0 Å². The lowest BCUT2D eigenvalue weighted by atomic mass is 10.3. The smallest absolute Gasteiger partial charge is 0.411 e. The van der Waals surface area contributed by atoms with Crippen molar-refractivity contribution < 1.29 is 9.90 Å². The Morgan fingerprint density at radius 2 is 2.42 bits per heavy atom. The minimum Gasteiger partial charge on any atom is -0.465 e. The molecule has 0 aliphatic rings. The Hall–Kier alpha value is -1.95. The molecule has 2 rings (SSSR count). The minimum absolute atomic E-state index is 0.249. The summed E-state index contributed by atoms with van der Waals surface area (Å²) in [6, 6.07) is 5.87. The Morgan fingerprint density at radius 3 is 3.16 bits per heavy atom. The Bertz CT molecular complexity index is 607. The molecule has 0 spiro atoms. The normalized spacial score (nSPS) is 11.2. The number of thioether (sulfide) groups is 1. The Morgan fingerprint density at radius 1 is 1.58 bits per heavy atom. The average molecular weight is 277 g/mol. The van der Waals surface area contributed by atoms with Gasteiger partial charge in [0.2, 0.25) is 5.95 Å². The molecular formula is C13H15N3O2S. The van der Waals surface area contributed by atoms with Crippen molar-refractivity contribution in [1.82, 2.24) is 9.97 Å². The molecule has 0 bridgehead atoms. The van der Waals surface area contributed by atoms with Crippen molar-refractivity contribution >= 4 is 34.8 Å². The summed E-state index contributed by atoms with van der Waals surface area (Å²) in [4.78, 5) is 18.8. The van der Waals surface area contributed by atoms with E-state index in [1.165, 1.54) is 0 Å². The first-order valence-corrected chi connectivity index (χ1v) is 6.91. The van der Waals surface area contributed by atoms with Gasteiger partial charge in [0.15, 0.2) is 0 Å². The summed E-state index contributed by atoms with van der Waals surface area (Å²) < 4.78 is 0. The van der Waals surface area contributed by atoms with Crippen LogP contribution in [0.15, 0.2) is 35.2 Å². The minimum atomic E-state index is -1.12. The molecule has 0 atom stereocenters. The maximum atomic E-state index is 10.5. The van der Waals surface area contributed by atoms with Crippen LogP contribution in [0.4, 0.5) is 10.7 Å². The third-order valence-corrected chi connectivity index (χ3v) is 3.50. The van der Waals surface area contributed by atoms with Gasteiger partial charge in [-0.3, -0.25) is 5.32 Å². The Balaban J connectivity index is 2.09. The van der Waals surface area contributed by atoms with Crippen molar-refractivity contribution in [1.29, 1.82) is 0 Å². The number of aromatic amines is 1. The second-order valence-corrected chi connectivity index (χ2v) is 5.07. The molecule has 0 radical (unpaired) electrons. The molecule has 2 aromatic rings. The molecule has 5 nitrogen and oxygen atoms in total. The number of nitrogens with zero attached hydrogens (tertiary/aromatic N) is 1. The molecule has 0 aliphatic heterocycles. The maximum absolute atomic E-state index is 10.5. The van der Waals surface area contributed by atoms with Crippen LogP contribution < -0.4 is 5.32 Å². The third kappa shape index (κ3) is 3.75. The molecule has 19 heavy (non-hydrogen) atoms. The van der Waals surface area contributed by atoms with E-state index in [9.17, 15) is 4.79 Å². The van der Waals surface area contributed by atoms with E-state index in [-0.39, 0.29) is 5.95 Å². The van der Waals surface area contributed by atoms with Crippen molar-refractivity contribution in [3.8, 4) is 0 Å². The van der Waals surface area contributed by atoms with E-state index in [1.807, 2.05) is 31.2 Å². The largest absolute Gasteiger partial charge is 0.465 e. The number of rotatable bonds is 5. The standard InChI is InChI=1S/C13H15N3O2S/c1-2-3-4-7-19-9-5-6-10-11(8-9)15-12(14-10)16-13(17)18/h2-3,5-6,8H,4,7H2,1H3,(H,17,18)(H2,14,15,16)/b3-2+. The zero-order chi connectivity index (χ0) is 13.7. The summed E-state index contributed by atoms with van der Waals surface area (Å²) in [6.45, 7) is 2.01. The summed E-state index contributed by atoms with van der Waals surface area (Å²) >= 11 is 1.76. The number of carbonyl (C=O) groups is 1. The predicted octanol–water partition coefficient (Wildman–Crippen LogP) is 3.71. The number of nitrogens with one attached hydrogen (secondary N) is 2. The second kappa shape index (κ2) is 6.29. The Kier molecular flexibility index (Phi) is 4.46. The van der Waals surface area contributed by atoms with E-state index in [0.29, 0.717) is 0 Å². The Labute approximate surface area is 115 Å². The highest BCUT2D eigenvalue weighted by Gasteiger charge is 2.05. The number of aromatic nitrogens is 2. The van der Waals surface area contributed by atoms with Gasteiger partial charge in [-0.15, -0.1) is 11.8 Å². The molecule has 0 saturated carbocycles. The fraction of sp³-hybridized carbons (Fsp3) is 0.231. The van der Waals surface area contributed by atoms with Crippen LogP contribution in [-0.2, 0) is 0 Å². The van der Waals surface area contributed by atoms with Gasteiger partial charge < -0.3 is 10.1 Å². The fourth-order valence-corrected chi connectivity index (χ4v) is 2.50. The molecule has 0 aliphatic carbocycles. The van der Waals surface area contributed by atoms with E-state index < -0.39 is 6.09 Å². The quantitative estimate of drug-likeness (QED) is 0.442. The highest BCUT2D eigenvalue weighted by atomic mass is 32.2. The first-order valence-electron chi connectivity index (χ1n) is 5.92. The monoisotopic (exact) mass is 277 g/mol. The molecule has 0 fully saturated rings. The number of hydrogen-bond acceptors (Lipinski definition) is 3. The van der Waals surface area contributed by atoms with E-state index in [0.717, 1.165) is 28.1 Å². The number of imidazole rings is 1. The number of H-pyrrole nitrogens is 1. The van der Waals surface area contributed by atoms with Gasteiger partial charge in [0.05, 0.1) is 11.0 Å². The molecule has 0 unspecified atom stereocenters. The number of benzene rings is 1. The van der Waals surface area contributed by atoms with Gasteiger partial charge in [0, 0.05) is 10.6 Å².